The first-order valence-corrected chi connectivity index (χ1v) is 5.51. The molecule has 0 amide bonds. The van der Waals surface area contributed by atoms with Crippen molar-refractivity contribution < 1.29 is 23.0 Å². The van der Waals surface area contributed by atoms with E-state index in [1.165, 1.54) is 13.2 Å². The first kappa shape index (κ1) is 14.4. The van der Waals surface area contributed by atoms with Gasteiger partial charge < -0.3 is 9.47 Å². The first-order valence-electron chi connectivity index (χ1n) is 4.72. The number of carbonyl (C=O) groups excluding carboxylic acids is 1. The zero-order chi connectivity index (χ0) is 13.7. The topological polar surface area (TPSA) is 59.3 Å². The number of benzene rings is 1. The van der Waals surface area contributed by atoms with Gasteiger partial charge in [-0.05, 0) is 28.1 Å². The summed E-state index contributed by atoms with van der Waals surface area (Å²) < 4.78 is 33.6. The van der Waals surface area contributed by atoms with Gasteiger partial charge in [-0.1, -0.05) is 0 Å². The number of ether oxygens (including phenoxy) is 2. The molecule has 1 rings (SSSR count). The summed E-state index contributed by atoms with van der Waals surface area (Å²) in [6.45, 7) is -3.03. The summed E-state index contributed by atoms with van der Waals surface area (Å²) >= 11 is 3.10. The van der Waals surface area contributed by atoms with Crippen LogP contribution in [0.1, 0.15) is 11.1 Å². The van der Waals surface area contributed by atoms with E-state index >= 15 is 0 Å². The molecule has 0 spiro atoms. The van der Waals surface area contributed by atoms with E-state index in [2.05, 4.69) is 25.4 Å². The minimum absolute atomic E-state index is 0.138. The molecule has 0 atom stereocenters. The average molecular weight is 320 g/mol. The van der Waals surface area contributed by atoms with Crippen molar-refractivity contribution in [3.05, 3.63) is 27.7 Å². The normalized spacial score (nSPS) is 10.0. The van der Waals surface area contributed by atoms with Gasteiger partial charge in [0.25, 0.3) is 0 Å². The van der Waals surface area contributed by atoms with Gasteiger partial charge in [0.15, 0.2) is 0 Å². The Balaban J connectivity index is 3.17. The van der Waals surface area contributed by atoms with E-state index in [9.17, 15) is 13.6 Å². The molecule has 0 N–H and O–H groups in total. The molecule has 96 valence electrons. The molecule has 1 aromatic carbocycles. The van der Waals surface area contributed by atoms with Gasteiger partial charge in [0.2, 0.25) is 0 Å². The van der Waals surface area contributed by atoms with Gasteiger partial charge >= 0.3 is 12.6 Å². The number of esters is 1. The Bertz CT molecular complexity index is 500. The molecular weight excluding hydrogens is 312 g/mol. The number of halogens is 3. The standard InChI is InChI=1S/C11H8BrF2NO3/c1-17-10(16)4-6-2-8(12)7(5-15)3-9(6)18-11(13)14/h2-3,11H,4H2,1H3. The zero-order valence-corrected chi connectivity index (χ0v) is 10.8. The number of carbonyl (C=O) groups is 1. The highest BCUT2D eigenvalue weighted by molar-refractivity contribution is 9.10. The highest BCUT2D eigenvalue weighted by atomic mass is 79.9. The third kappa shape index (κ3) is 3.67. The molecule has 0 aromatic heterocycles. The fourth-order valence-electron chi connectivity index (χ4n) is 1.25. The van der Waals surface area contributed by atoms with Crippen molar-refractivity contribution in [1.29, 1.82) is 5.26 Å². The fourth-order valence-corrected chi connectivity index (χ4v) is 1.73. The van der Waals surface area contributed by atoms with Crippen molar-refractivity contribution in [1.82, 2.24) is 0 Å². The van der Waals surface area contributed by atoms with Gasteiger partial charge in [-0.15, -0.1) is 0 Å². The number of rotatable bonds is 4. The maximum Gasteiger partial charge on any atom is 0.387 e. The Labute approximate surface area is 110 Å². The predicted molar refractivity (Wildman–Crippen MR) is 61.2 cm³/mol. The monoisotopic (exact) mass is 319 g/mol. The molecule has 0 heterocycles. The lowest BCUT2D eigenvalue weighted by Crippen LogP contribution is -2.09. The highest BCUT2D eigenvalue weighted by Crippen LogP contribution is 2.29. The van der Waals surface area contributed by atoms with Crippen molar-refractivity contribution in [2.24, 2.45) is 0 Å². The first-order chi connectivity index (χ1) is 8.47. The van der Waals surface area contributed by atoms with E-state index < -0.39 is 12.6 Å². The lowest BCUT2D eigenvalue weighted by atomic mass is 10.1. The Morgan fingerprint density at radius 3 is 2.72 bits per heavy atom. The molecular formula is C11H8BrF2NO3. The van der Waals surface area contributed by atoms with Crippen LogP contribution in [-0.2, 0) is 16.0 Å². The Morgan fingerprint density at radius 1 is 1.56 bits per heavy atom. The molecule has 7 heteroatoms. The fraction of sp³-hybridized carbons (Fsp3) is 0.273. The second-order valence-electron chi connectivity index (χ2n) is 3.18. The number of hydrogen-bond acceptors (Lipinski definition) is 4. The van der Waals surface area contributed by atoms with Crippen LogP contribution in [0, 0.1) is 11.3 Å². The lowest BCUT2D eigenvalue weighted by Gasteiger charge is -2.11. The predicted octanol–water partition coefficient (Wildman–Crippen LogP) is 2.64. The van der Waals surface area contributed by atoms with Crippen LogP contribution in [0.4, 0.5) is 8.78 Å². The molecule has 0 unspecified atom stereocenters. The molecule has 0 bridgehead atoms. The van der Waals surface area contributed by atoms with Crippen LogP contribution in [0.25, 0.3) is 0 Å². The molecule has 18 heavy (non-hydrogen) atoms. The van der Waals surface area contributed by atoms with E-state index in [1.807, 2.05) is 6.07 Å². The third-order valence-corrected chi connectivity index (χ3v) is 2.71. The van der Waals surface area contributed by atoms with Gasteiger partial charge in [-0.3, -0.25) is 4.79 Å². The van der Waals surface area contributed by atoms with Crippen LogP contribution in [-0.4, -0.2) is 19.7 Å². The molecule has 0 aliphatic rings. The van der Waals surface area contributed by atoms with Crippen LogP contribution in [0.5, 0.6) is 5.75 Å². The molecule has 0 aliphatic carbocycles. The van der Waals surface area contributed by atoms with Crippen molar-refractivity contribution in [3.63, 3.8) is 0 Å². The maximum atomic E-state index is 12.2. The second kappa shape index (κ2) is 6.31. The van der Waals surface area contributed by atoms with Gasteiger partial charge in [-0.2, -0.15) is 14.0 Å². The molecule has 0 saturated heterocycles. The molecule has 0 aliphatic heterocycles. The van der Waals surface area contributed by atoms with Crippen molar-refractivity contribution >= 4 is 21.9 Å². The average Bonchev–Trinajstić information content (AvgIpc) is 2.31. The Kier molecular flexibility index (Phi) is 5.04. The Hall–Kier alpha value is -1.68. The van der Waals surface area contributed by atoms with Crippen molar-refractivity contribution in [2.75, 3.05) is 7.11 Å². The quantitative estimate of drug-likeness (QED) is 0.800. The molecule has 4 nitrogen and oxygen atoms in total. The van der Waals surface area contributed by atoms with Gasteiger partial charge in [0.1, 0.15) is 11.8 Å². The zero-order valence-electron chi connectivity index (χ0n) is 9.25. The van der Waals surface area contributed by atoms with Gasteiger partial charge in [0.05, 0.1) is 19.1 Å². The highest BCUT2D eigenvalue weighted by Gasteiger charge is 2.16. The van der Waals surface area contributed by atoms with Crippen molar-refractivity contribution in [2.45, 2.75) is 13.0 Å². The van der Waals surface area contributed by atoms with E-state index in [4.69, 9.17) is 5.26 Å². The summed E-state index contributed by atoms with van der Waals surface area (Å²) in [4.78, 5) is 11.1. The largest absolute Gasteiger partial charge is 0.469 e. The second-order valence-corrected chi connectivity index (χ2v) is 4.04. The van der Waals surface area contributed by atoms with Crippen LogP contribution in [0.3, 0.4) is 0 Å². The number of methoxy groups -OCH3 is 1. The van der Waals surface area contributed by atoms with Crippen LogP contribution >= 0.6 is 15.9 Å². The minimum atomic E-state index is -3.03. The number of nitriles is 1. The lowest BCUT2D eigenvalue weighted by molar-refractivity contribution is -0.139. The molecule has 1 aromatic rings. The van der Waals surface area contributed by atoms with Gasteiger partial charge in [-0.25, -0.2) is 0 Å². The summed E-state index contributed by atoms with van der Waals surface area (Å²) in [6, 6.07) is 4.34. The smallest absolute Gasteiger partial charge is 0.387 e. The molecule has 0 fully saturated rings. The summed E-state index contributed by atoms with van der Waals surface area (Å²) in [5, 5.41) is 8.78. The van der Waals surface area contributed by atoms with Crippen LogP contribution < -0.4 is 4.74 Å². The van der Waals surface area contributed by atoms with Gasteiger partial charge in [0, 0.05) is 10.0 Å². The number of nitrogens with zero attached hydrogens (tertiary/aromatic N) is 1. The third-order valence-electron chi connectivity index (χ3n) is 2.05. The maximum absolute atomic E-state index is 12.2. The van der Waals surface area contributed by atoms with E-state index in [0.717, 1.165) is 6.07 Å². The van der Waals surface area contributed by atoms with Crippen LogP contribution in [0.2, 0.25) is 0 Å². The van der Waals surface area contributed by atoms with Crippen LogP contribution in [0.15, 0.2) is 16.6 Å². The van der Waals surface area contributed by atoms with E-state index in [0.29, 0.717) is 4.47 Å². The summed E-state index contributed by atoms with van der Waals surface area (Å²) in [5.74, 6) is -0.805. The summed E-state index contributed by atoms with van der Waals surface area (Å²) in [5.41, 5.74) is 0.354. The van der Waals surface area contributed by atoms with Crippen molar-refractivity contribution in [3.8, 4) is 11.8 Å². The van der Waals surface area contributed by atoms with E-state index in [-0.39, 0.29) is 23.3 Å². The number of alkyl halides is 2. The SMILES string of the molecule is COC(=O)Cc1cc(Br)c(C#N)cc1OC(F)F. The number of hydrogen-bond donors (Lipinski definition) is 0. The summed E-state index contributed by atoms with van der Waals surface area (Å²) in [6.07, 6.45) is -0.219. The Morgan fingerprint density at radius 2 is 2.22 bits per heavy atom. The molecule has 0 radical (unpaired) electrons. The molecule has 0 saturated carbocycles. The minimum Gasteiger partial charge on any atom is -0.469 e. The van der Waals surface area contributed by atoms with E-state index in [1.54, 1.807) is 0 Å². The summed E-state index contributed by atoms with van der Waals surface area (Å²) in [7, 11) is 1.19.